The Morgan fingerprint density at radius 1 is 1.06 bits per heavy atom. The minimum atomic E-state index is -0.504. The molecule has 0 fully saturated rings. The van der Waals surface area contributed by atoms with Crippen LogP contribution in [0.5, 0.6) is 23.0 Å². The molecule has 0 spiro atoms. The van der Waals surface area contributed by atoms with Gasteiger partial charge in [0.05, 0.1) is 17.6 Å². The zero-order valence-electron chi connectivity index (χ0n) is 17.4. The molecule has 3 aromatic carbocycles. The number of aryl methyl sites for hydroxylation is 1. The van der Waals surface area contributed by atoms with Crippen molar-refractivity contribution in [3.63, 3.8) is 0 Å². The van der Waals surface area contributed by atoms with Crippen LogP contribution in [0, 0.1) is 17.0 Å². The summed E-state index contributed by atoms with van der Waals surface area (Å²) in [7, 11) is 1.50. The Kier molecular flexibility index (Phi) is 6.74. The largest absolute Gasteiger partial charge is 0.508 e. The van der Waals surface area contributed by atoms with Gasteiger partial charge in [-0.15, -0.1) is 0 Å². The molecule has 0 amide bonds. The lowest BCUT2D eigenvalue weighted by atomic mass is 10.1. The van der Waals surface area contributed by atoms with Crippen LogP contribution in [0.1, 0.15) is 27.0 Å². The highest BCUT2D eigenvalue weighted by Gasteiger charge is 2.16. The van der Waals surface area contributed by atoms with Crippen LogP contribution < -0.4 is 9.47 Å². The highest BCUT2D eigenvalue weighted by atomic mass is 16.6. The number of carbonyl (C=O) groups excluding carboxylic acids is 1. The molecule has 0 atom stereocenters. The molecule has 3 rings (SSSR count). The van der Waals surface area contributed by atoms with E-state index >= 15 is 0 Å². The van der Waals surface area contributed by atoms with Gasteiger partial charge in [0.2, 0.25) is 0 Å². The Balaban J connectivity index is 1.82. The Hall–Kier alpha value is -4.33. The van der Waals surface area contributed by atoms with Crippen molar-refractivity contribution in [2.24, 2.45) is 0 Å². The van der Waals surface area contributed by atoms with E-state index in [-0.39, 0.29) is 35.1 Å². The van der Waals surface area contributed by atoms with Gasteiger partial charge >= 0.3 is 5.69 Å². The van der Waals surface area contributed by atoms with Gasteiger partial charge < -0.3 is 19.7 Å². The second-order valence-electron chi connectivity index (χ2n) is 6.99. The lowest BCUT2D eigenvalue weighted by molar-refractivity contribution is -0.386. The van der Waals surface area contributed by atoms with E-state index in [1.165, 1.54) is 31.4 Å². The van der Waals surface area contributed by atoms with E-state index in [0.29, 0.717) is 16.9 Å². The van der Waals surface area contributed by atoms with Crippen molar-refractivity contribution in [2.75, 3.05) is 7.11 Å². The quantitative estimate of drug-likeness (QED) is 0.226. The number of aromatic hydroxyl groups is 2. The van der Waals surface area contributed by atoms with Crippen LogP contribution in [0.15, 0.2) is 60.7 Å². The molecular weight excluding hydrogens is 414 g/mol. The molecule has 0 aliphatic rings. The Bertz CT molecular complexity index is 1200. The predicted molar refractivity (Wildman–Crippen MR) is 118 cm³/mol. The molecule has 0 heterocycles. The summed E-state index contributed by atoms with van der Waals surface area (Å²) in [5.41, 5.74) is 2.04. The Labute approximate surface area is 184 Å². The van der Waals surface area contributed by atoms with Gasteiger partial charge in [-0.25, -0.2) is 0 Å². The maximum Gasteiger partial charge on any atom is 0.310 e. The van der Waals surface area contributed by atoms with Crippen molar-refractivity contribution in [1.82, 2.24) is 0 Å². The fourth-order valence-electron chi connectivity index (χ4n) is 3.05. The number of ketones is 1. The van der Waals surface area contributed by atoms with Crippen LogP contribution in [-0.2, 0) is 6.61 Å². The second-order valence-corrected chi connectivity index (χ2v) is 6.99. The SMILES string of the molecule is COc1ccc(/C=C/C(=O)c2ccc(O)cc2O)cc1COc1cc(C)ccc1[N+](=O)[O-]. The summed E-state index contributed by atoms with van der Waals surface area (Å²) in [4.78, 5) is 23.1. The van der Waals surface area contributed by atoms with E-state index in [4.69, 9.17) is 9.47 Å². The third-order valence-corrected chi connectivity index (χ3v) is 4.67. The fraction of sp³-hybridized carbons (Fsp3) is 0.125. The van der Waals surface area contributed by atoms with Crippen LogP contribution in [0.2, 0.25) is 0 Å². The minimum absolute atomic E-state index is 0.0157. The van der Waals surface area contributed by atoms with Gasteiger partial charge in [0.15, 0.2) is 11.5 Å². The number of rotatable bonds is 8. The Morgan fingerprint density at radius 2 is 1.84 bits per heavy atom. The summed E-state index contributed by atoms with van der Waals surface area (Å²) in [5, 5.41) is 30.4. The van der Waals surface area contributed by atoms with Crippen molar-refractivity contribution in [3.8, 4) is 23.0 Å². The molecule has 3 aromatic rings. The number of nitro groups is 1. The average molecular weight is 435 g/mol. The number of allylic oxidation sites excluding steroid dienone is 1. The molecule has 0 radical (unpaired) electrons. The highest BCUT2D eigenvalue weighted by Crippen LogP contribution is 2.30. The number of carbonyl (C=O) groups is 1. The summed E-state index contributed by atoms with van der Waals surface area (Å²) < 4.78 is 11.1. The molecule has 32 heavy (non-hydrogen) atoms. The molecule has 0 saturated heterocycles. The van der Waals surface area contributed by atoms with Crippen LogP contribution in [0.4, 0.5) is 5.69 Å². The summed E-state index contributed by atoms with van der Waals surface area (Å²) >= 11 is 0. The van der Waals surface area contributed by atoms with Crippen LogP contribution in [0.3, 0.4) is 0 Å². The average Bonchev–Trinajstić information content (AvgIpc) is 2.75. The van der Waals surface area contributed by atoms with E-state index in [2.05, 4.69) is 0 Å². The van der Waals surface area contributed by atoms with Crippen molar-refractivity contribution in [3.05, 3.63) is 93.0 Å². The third-order valence-electron chi connectivity index (χ3n) is 4.67. The molecule has 0 unspecified atom stereocenters. The molecule has 2 N–H and O–H groups in total. The standard InChI is InChI=1S/C24H21NO7/c1-15-3-8-20(25(29)30)24(11-15)32-14-17-12-16(5-10-23(17)31-2)4-9-21(27)19-7-6-18(26)13-22(19)28/h3-13,26,28H,14H2,1-2H3/b9-4+. The van der Waals surface area contributed by atoms with Crippen LogP contribution >= 0.6 is 0 Å². The number of nitrogens with zero attached hydrogens (tertiary/aromatic N) is 1. The van der Waals surface area contributed by atoms with Crippen molar-refractivity contribution >= 4 is 17.5 Å². The van der Waals surface area contributed by atoms with Crippen molar-refractivity contribution in [1.29, 1.82) is 0 Å². The first-order valence-corrected chi connectivity index (χ1v) is 9.57. The number of hydrogen-bond donors (Lipinski definition) is 2. The number of hydrogen-bond acceptors (Lipinski definition) is 7. The summed E-state index contributed by atoms with van der Waals surface area (Å²) in [6.45, 7) is 1.83. The maximum absolute atomic E-state index is 12.4. The smallest absolute Gasteiger partial charge is 0.310 e. The summed E-state index contributed by atoms with van der Waals surface area (Å²) in [6.07, 6.45) is 2.86. The molecule has 0 saturated carbocycles. The lowest BCUT2D eigenvalue weighted by Gasteiger charge is -2.12. The molecule has 0 aromatic heterocycles. The van der Waals surface area contributed by atoms with Crippen molar-refractivity contribution in [2.45, 2.75) is 13.5 Å². The first kappa shape index (κ1) is 22.4. The van der Waals surface area contributed by atoms with Crippen LogP contribution in [-0.4, -0.2) is 28.0 Å². The second kappa shape index (κ2) is 9.65. The van der Waals surface area contributed by atoms with Gasteiger partial charge in [-0.1, -0.05) is 18.2 Å². The first-order valence-electron chi connectivity index (χ1n) is 9.57. The first-order chi connectivity index (χ1) is 15.3. The lowest BCUT2D eigenvalue weighted by Crippen LogP contribution is -2.02. The predicted octanol–water partition coefficient (Wildman–Crippen LogP) is 4.80. The van der Waals surface area contributed by atoms with Gasteiger partial charge in [-0.3, -0.25) is 14.9 Å². The third kappa shape index (κ3) is 5.23. The van der Waals surface area contributed by atoms with Gasteiger partial charge in [0, 0.05) is 17.7 Å². The molecular formula is C24H21NO7. The fourth-order valence-corrected chi connectivity index (χ4v) is 3.05. The van der Waals surface area contributed by atoms with Gasteiger partial charge in [0.1, 0.15) is 23.9 Å². The zero-order chi connectivity index (χ0) is 23.3. The van der Waals surface area contributed by atoms with E-state index in [1.54, 1.807) is 36.4 Å². The molecule has 0 aliphatic heterocycles. The normalized spacial score (nSPS) is 10.8. The number of benzene rings is 3. The van der Waals surface area contributed by atoms with Gasteiger partial charge in [-0.2, -0.15) is 0 Å². The van der Waals surface area contributed by atoms with Gasteiger partial charge in [0.25, 0.3) is 0 Å². The number of nitro benzene ring substituents is 1. The maximum atomic E-state index is 12.4. The molecule has 8 heteroatoms. The molecule has 8 nitrogen and oxygen atoms in total. The summed E-state index contributed by atoms with van der Waals surface area (Å²) in [5.74, 6) is -0.220. The van der Waals surface area contributed by atoms with Crippen LogP contribution in [0.25, 0.3) is 6.08 Å². The van der Waals surface area contributed by atoms with E-state index in [1.807, 2.05) is 6.92 Å². The molecule has 0 aliphatic carbocycles. The zero-order valence-corrected chi connectivity index (χ0v) is 17.4. The summed E-state index contributed by atoms with van der Waals surface area (Å²) in [6, 6.07) is 13.5. The number of phenols is 2. The molecule has 164 valence electrons. The monoisotopic (exact) mass is 435 g/mol. The van der Waals surface area contributed by atoms with E-state index < -0.39 is 10.7 Å². The Morgan fingerprint density at radius 3 is 2.53 bits per heavy atom. The van der Waals surface area contributed by atoms with Gasteiger partial charge in [-0.05, 0) is 54.5 Å². The topological polar surface area (TPSA) is 119 Å². The van der Waals surface area contributed by atoms with Crippen molar-refractivity contribution < 1.29 is 29.4 Å². The van der Waals surface area contributed by atoms with E-state index in [9.17, 15) is 25.1 Å². The number of ether oxygens (including phenoxy) is 2. The number of methoxy groups -OCH3 is 1. The minimum Gasteiger partial charge on any atom is -0.508 e. The highest BCUT2D eigenvalue weighted by molar-refractivity contribution is 6.08. The number of phenolic OH excluding ortho intramolecular Hbond substituents is 2. The van der Waals surface area contributed by atoms with E-state index in [0.717, 1.165) is 11.6 Å². The molecule has 0 bridgehead atoms.